The van der Waals surface area contributed by atoms with E-state index in [1.807, 2.05) is 30.3 Å². The summed E-state index contributed by atoms with van der Waals surface area (Å²) in [5.74, 6) is 0.558. The van der Waals surface area contributed by atoms with E-state index in [1.54, 1.807) is 24.5 Å². The van der Waals surface area contributed by atoms with Crippen molar-refractivity contribution in [3.63, 3.8) is 0 Å². The molecule has 2 heterocycles. The first-order chi connectivity index (χ1) is 13.4. The number of pyridine rings is 1. The fraction of sp³-hybridized carbons (Fsp3) is 0.0500. The normalized spacial score (nSPS) is 11.6. The van der Waals surface area contributed by atoms with Crippen LogP contribution in [0.4, 0.5) is 5.69 Å². The summed E-state index contributed by atoms with van der Waals surface area (Å²) in [5.41, 5.74) is 9.96. The summed E-state index contributed by atoms with van der Waals surface area (Å²) in [4.78, 5) is 13.6. The third kappa shape index (κ3) is 3.55. The number of benzene rings is 2. The van der Waals surface area contributed by atoms with Gasteiger partial charge in [0.05, 0.1) is 16.1 Å². The van der Waals surface area contributed by atoms with Gasteiger partial charge >= 0.3 is 0 Å². The number of sulfonamides is 1. The van der Waals surface area contributed by atoms with Crippen molar-refractivity contribution in [3.8, 4) is 11.4 Å². The van der Waals surface area contributed by atoms with Crippen molar-refractivity contribution in [1.29, 1.82) is 0 Å². The van der Waals surface area contributed by atoms with Crippen LogP contribution >= 0.6 is 0 Å². The molecule has 8 heteroatoms. The zero-order valence-electron chi connectivity index (χ0n) is 14.8. The molecular weight excluding hydrogens is 374 g/mol. The molecule has 0 amide bonds. The standard InChI is InChI=1S/C20H17N5O2S/c21-16-4-1-5-17-19(16)18(25-20(24-17)14-3-2-10-23-12-14)11-13-6-8-15(9-7-13)28(22,26)27/h1-10,12H,11,21H2,(H2,22,26,27). The van der Waals surface area contributed by atoms with Crippen LogP contribution in [0.5, 0.6) is 0 Å². The van der Waals surface area contributed by atoms with Crippen molar-refractivity contribution < 1.29 is 8.42 Å². The Hall–Kier alpha value is -3.36. The molecular formula is C20H17N5O2S. The van der Waals surface area contributed by atoms with E-state index in [9.17, 15) is 8.42 Å². The maximum atomic E-state index is 11.5. The number of fused-ring (bicyclic) bond motifs is 1. The van der Waals surface area contributed by atoms with Crippen LogP contribution in [-0.2, 0) is 16.4 Å². The van der Waals surface area contributed by atoms with Crippen molar-refractivity contribution in [3.05, 3.63) is 78.2 Å². The summed E-state index contributed by atoms with van der Waals surface area (Å²) >= 11 is 0. The van der Waals surface area contributed by atoms with Gasteiger partial charge in [-0.2, -0.15) is 0 Å². The Bertz CT molecular complexity index is 1260. The summed E-state index contributed by atoms with van der Waals surface area (Å²) in [6.07, 6.45) is 3.86. The predicted molar refractivity (Wildman–Crippen MR) is 108 cm³/mol. The third-order valence-electron chi connectivity index (χ3n) is 4.37. The highest BCUT2D eigenvalue weighted by atomic mass is 32.2. The second-order valence-electron chi connectivity index (χ2n) is 6.34. The molecule has 2 aromatic heterocycles. The van der Waals surface area contributed by atoms with E-state index in [0.29, 0.717) is 17.9 Å². The lowest BCUT2D eigenvalue weighted by Gasteiger charge is -2.11. The van der Waals surface area contributed by atoms with Crippen molar-refractivity contribution in [2.24, 2.45) is 5.14 Å². The van der Waals surface area contributed by atoms with Crippen LogP contribution in [0, 0.1) is 0 Å². The summed E-state index contributed by atoms with van der Waals surface area (Å²) < 4.78 is 22.9. The average molecular weight is 391 g/mol. The van der Waals surface area contributed by atoms with E-state index in [0.717, 1.165) is 27.7 Å². The molecule has 0 aliphatic carbocycles. The van der Waals surface area contributed by atoms with Gasteiger partial charge in [0, 0.05) is 35.5 Å². The van der Waals surface area contributed by atoms with Gasteiger partial charge in [-0.1, -0.05) is 18.2 Å². The van der Waals surface area contributed by atoms with Crippen LogP contribution in [0.1, 0.15) is 11.3 Å². The van der Waals surface area contributed by atoms with E-state index >= 15 is 0 Å². The maximum Gasteiger partial charge on any atom is 0.238 e. The van der Waals surface area contributed by atoms with Gasteiger partial charge < -0.3 is 5.73 Å². The van der Waals surface area contributed by atoms with Gasteiger partial charge in [-0.15, -0.1) is 0 Å². The van der Waals surface area contributed by atoms with Crippen LogP contribution in [-0.4, -0.2) is 23.4 Å². The second kappa shape index (κ2) is 6.99. The number of rotatable bonds is 4. The van der Waals surface area contributed by atoms with Gasteiger partial charge in [0.1, 0.15) is 0 Å². The smallest absolute Gasteiger partial charge is 0.238 e. The monoisotopic (exact) mass is 391 g/mol. The van der Waals surface area contributed by atoms with Crippen LogP contribution in [0.25, 0.3) is 22.3 Å². The zero-order valence-corrected chi connectivity index (χ0v) is 15.6. The molecule has 0 radical (unpaired) electrons. The Morgan fingerprint density at radius 3 is 2.39 bits per heavy atom. The number of anilines is 1. The molecule has 0 aliphatic rings. The molecule has 2 aromatic carbocycles. The van der Waals surface area contributed by atoms with Gasteiger partial charge in [0.25, 0.3) is 0 Å². The van der Waals surface area contributed by atoms with Gasteiger partial charge in [-0.3, -0.25) is 4.98 Å². The lowest BCUT2D eigenvalue weighted by atomic mass is 10.0. The highest BCUT2D eigenvalue weighted by Gasteiger charge is 2.13. The molecule has 4 rings (SSSR count). The minimum Gasteiger partial charge on any atom is -0.398 e. The number of hydrogen-bond donors (Lipinski definition) is 2. The van der Waals surface area contributed by atoms with Gasteiger partial charge in [-0.25, -0.2) is 23.5 Å². The lowest BCUT2D eigenvalue weighted by Crippen LogP contribution is -2.12. The topological polar surface area (TPSA) is 125 Å². The highest BCUT2D eigenvalue weighted by Crippen LogP contribution is 2.27. The number of primary sulfonamides is 1. The third-order valence-corrected chi connectivity index (χ3v) is 5.30. The van der Waals surface area contributed by atoms with E-state index in [4.69, 9.17) is 15.9 Å². The van der Waals surface area contributed by atoms with Crippen LogP contribution in [0.3, 0.4) is 0 Å². The number of aromatic nitrogens is 3. The lowest BCUT2D eigenvalue weighted by molar-refractivity contribution is 0.598. The van der Waals surface area contributed by atoms with Gasteiger partial charge in [0.15, 0.2) is 5.82 Å². The van der Waals surface area contributed by atoms with Gasteiger partial charge in [-0.05, 0) is 42.0 Å². The summed E-state index contributed by atoms with van der Waals surface area (Å²) in [5, 5.41) is 5.95. The summed E-state index contributed by atoms with van der Waals surface area (Å²) in [6.45, 7) is 0. The molecule has 28 heavy (non-hydrogen) atoms. The Kier molecular flexibility index (Phi) is 4.50. The first kappa shape index (κ1) is 18.0. The van der Waals surface area contributed by atoms with Crippen LogP contribution in [0.2, 0.25) is 0 Å². The Morgan fingerprint density at radius 2 is 1.71 bits per heavy atom. The van der Waals surface area contributed by atoms with Crippen LogP contribution in [0.15, 0.2) is 71.9 Å². The first-order valence-corrected chi connectivity index (χ1v) is 10.0. The SMILES string of the molecule is Nc1cccc2nc(-c3cccnc3)nc(Cc3ccc(S(N)(=O)=O)cc3)c12. The minimum atomic E-state index is -3.73. The van der Waals surface area contributed by atoms with Gasteiger partial charge in [0.2, 0.25) is 10.0 Å². The fourth-order valence-electron chi connectivity index (χ4n) is 3.03. The maximum absolute atomic E-state index is 11.5. The van der Waals surface area contributed by atoms with E-state index in [2.05, 4.69) is 9.97 Å². The minimum absolute atomic E-state index is 0.0689. The molecule has 0 unspecified atom stereocenters. The first-order valence-electron chi connectivity index (χ1n) is 8.49. The molecule has 0 saturated carbocycles. The molecule has 0 bridgehead atoms. The Morgan fingerprint density at radius 1 is 0.929 bits per heavy atom. The molecule has 0 atom stereocenters. The number of nitrogens with zero attached hydrogens (tertiary/aromatic N) is 3. The number of nitrogen functional groups attached to an aromatic ring is 1. The molecule has 0 spiro atoms. The van der Waals surface area contributed by atoms with Crippen LogP contribution < -0.4 is 10.9 Å². The fourth-order valence-corrected chi connectivity index (χ4v) is 3.55. The largest absolute Gasteiger partial charge is 0.398 e. The molecule has 0 saturated heterocycles. The Balaban J connectivity index is 1.83. The second-order valence-corrected chi connectivity index (χ2v) is 7.90. The van der Waals surface area contributed by atoms with Crippen molar-refractivity contribution >= 4 is 26.6 Å². The van der Waals surface area contributed by atoms with E-state index in [1.165, 1.54) is 12.1 Å². The average Bonchev–Trinajstić information content (AvgIpc) is 2.68. The molecule has 7 nitrogen and oxygen atoms in total. The molecule has 4 N–H and O–H groups in total. The summed E-state index contributed by atoms with van der Waals surface area (Å²) in [6, 6.07) is 15.7. The van der Waals surface area contributed by atoms with Crippen molar-refractivity contribution in [2.45, 2.75) is 11.3 Å². The van der Waals surface area contributed by atoms with E-state index < -0.39 is 10.0 Å². The van der Waals surface area contributed by atoms with Crippen molar-refractivity contribution in [2.75, 3.05) is 5.73 Å². The van der Waals surface area contributed by atoms with Crippen molar-refractivity contribution in [1.82, 2.24) is 15.0 Å². The quantitative estimate of drug-likeness (QED) is 0.515. The number of nitrogens with two attached hydrogens (primary N) is 2. The number of hydrogen-bond acceptors (Lipinski definition) is 6. The molecule has 0 aliphatic heterocycles. The zero-order chi connectivity index (χ0) is 19.7. The molecule has 140 valence electrons. The Labute approximate surface area is 162 Å². The molecule has 0 fully saturated rings. The predicted octanol–water partition coefficient (Wildman–Crippen LogP) is 2.51. The summed E-state index contributed by atoms with van der Waals surface area (Å²) in [7, 11) is -3.73. The van der Waals surface area contributed by atoms with E-state index in [-0.39, 0.29) is 4.90 Å². The highest BCUT2D eigenvalue weighted by molar-refractivity contribution is 7.89. The molecule has 4 aromatic rings.